The van der Waals surface area contributed by atoms with Crippen molar-refractivity contribution in [2.75, 3.05) is 5.32 Å². The third-order valence-electron chi connectivity index (χ3n) is 5.14. The highest BCUT2D eigenvalue weighted by Crippen LogP contribution is 2.29. The number of pyridine rings is 1. The second-order valence-corrected chi connectivity index (χ2v) is 7.37. The molecule has 1 N–H and O–H groups in total. The van der Waals surface area contributed by atoms with Crippen LogP contribution in [0.2, 0.25) is 0 Å². The van der Waals surface area contributed by atoms with Crippen molar-refractivity contribution in [3.63, 3.8) is 0 Å². The molecule has 0 saturated heterocycles. The van der Waals surface area contributed by atoms with Gasteiger partial charge in [0.2, 0.25) is 5.95 Å². The van der Waals surface area contributed by atoms with Gasteiger partial charge in [-0.15, -0.1) is 0 Å². The molecule has 0 unspecified atom stereocenters. The lowest BCUT2D eigenvalue weighted by molar-refractivity contribution is 0.304. The van der Waals surface area contributed by atoms with Gasteiger partial charge in [0.15, 0.2) is 0 Å². The Bertz CT molecular complexity index is 989. The maximum Gasteiger partial charge on any atom is 0.267 e. The highest BCUT2D eigenvalue weighted by molar-refractivity contribution is 5.56. The molecule has 0 bridgehead atoms. The van der Waals surface area contributed by atoms with Crippen molar-refractivity contribution in [3.8, 4) is 11.3 Å². The molecule has 0 amide bonds. The van der Waals surface area contributed by atoms with Gasteiger partial charge >= 0.3 is 0 Å². The van der Waals surface area contributed by atoms with E-state index in [0.29, 0.717) is 12.0 Å². The second kappa shape index (κ2) is 7.88. The number of nitrogens with one attached hydrogen (secondary N) is 1. The Morgan fingerprint density at radius 1 is 1.04 bits per heavy atom. The first-order chi connectivity index (χ1) is 13.6. The molecule has 7 nitrogen and oxygen atoms in total. The van der Waals surface area contributed by atoms with Crippen LogP contribution in [0, 0.1) is 13.8 Å². The number of anilines is 1. The Hall–Kier alpha value is -3.09. The predicted octanol–water partition coefficient (Wildman–Crippen LogP) is 3.31. The largest absolute Gasteiger partial charge is 0.351 e. The van der Waals surface area contributed by atoms with E-state index in [1.54, 1.807) is 29.2 Å². The molecular formula is C21H24N6O. The van der Waals surface area contributed by atoms with E-state index in [0.717, 1.165) is 48.3 Å². The summed E-state index contributed by atoms with van der Waals surface area (Å²) < 4.78 is 1.64. The molecule has 1 fully saturated rings. The van der Waals surface area contributed by atoms with Gasteiger partial charge in [-0.05, 0) is 63.8 Å². The normalized spacial score (nSPS) is 19.4. The van der Waals surface area contributed by atoms with Crippen LogP contribution < -0.4 is 10.9 Å². The summed E-state index contributed by atoms with van der Waals surface area (Å²) in [4.78, 5) is 25.5. The van der Waals surface area contributed by atoms with Crippen LogP contribution in [-0.4, -0.2) is 30.8 Å². The molecule has 3 heterocycles. The van der Waals surface area contributed by atoms with E-state index >= 15 is 0 Å². The molecule has 0 radical (unpaired) electrons. The van der Waals surface area contributed by atoms with Crippen molar-refractivity contribution >= 4 is 5.95 Å². The molecule has 144 valence electrons. The van der Waals surface area contributed by atoms with Crippen LogP contribution in [0.3, 0.4) is 0 Å². The van der Waals surface area contributed by atoms with E-state index in [2.05, 4.69) is 25.4 Å². The monoisotopic (exact) mass is 376 g/mol. The van der Waals surface area contributed by atoms with Gasteiger partial charge in [0.25, 0.3) is 5.56 Å². The van der Waals surface area contributed by atoms with Crippen molar-refractivity contribution in [1.29, 1.82) is 0 Å². The van der Waals surface area contributed by atoms with Gasteiger partial charge in [0.05, 0.1) is 11.7 Å². The zero-order valence-corrected chi connectivity index (χ0v) is 16.2. The van der Waals surface area contributed by atoms with Crippen molar-refractivity contribution in [3.05, 3.63) is 64.5 Å². The third-order valence-corrected chi connectivity index (χ3v) is 5.14. The van der Waals surface area contributed by atoms with E-state index < -0.39 is 0 Å². The standard InChI is InChI=1S/C21H24N6O/c1-14-12-15(2)24-21(23-14)25-17-5-7-18(8-6-17)27-20(28)10-9-19(26-27)16-4-3-11-22-13-16/h3-4,9-13,17-18H,5-8H2,1-2H3,(H,23,24,25). The molecular weight excluding hydrogens is 352 g/mol. The average Bonchev–Trinajstić information content (AvgIpc) is 2.69. The van der Waals surface area contributed by atoms with E-state index in [4.69, 9.17) is 0 Å². The van der Waals surface area contributed by atoms with Gasteiger partial charge in [0.1, 0.15) is 0 Å². The lowest BCUT2D eigenvalue weighted by Crippen LogP contribution is -2.33. The maximum absolute atomic E-state index is 12.4. The Kier molecular flexibility index (Phi) is 5.14. The predicted molar refractivity (Wildman–Crippen MR) is 108 cm³/mol. The van der Waals surface area contributed by atoms with Crippen LogP contribution in [0.15, 0.2) is 47.5 Å². The van der Waals surface area contributed by atoms with Gasteiger partial charge in [-0.2, -0.15) is 5.10 Å². The summed E-state index contributed by atoms with van der Waals surface area (Å²) in [5.41, 5.74) is 3.56. The number of rotatable bonds is 4. The maximum atomic E-state index is 12.4. The SMILES string of the molecule is Cc1cc(C)nc(NC2CCC(n3nc(-c4cccnc4)ccc3=O)CC2)n1. The zero-order valence-electron chi connectivity index (χ0n) is 16.2. The van der Waals surface area contributed by atoms with E-state index in [-0.39, 0.29) is 11.6 Å². The van der Waals surface area contributed by atoms with Crippen molar-refractivity contribution in [2.45, 2.75) is 51.6 Å². The summed E-state index contributed by atoms with van der Waals surface area (Å²) >= 11 is 0. The first-order valence-corrected chi connectivity index (χ1v) is 9.67. The first kappa shape index (κ1) is 18.3. The molecule has 0 atom stereocenters. The third kappa shape index (κ3) is 4.08. The summed E-state index contributed by atoms with van der Waals surface area (Å²) in [6.45, 7) is 3.95. The van der Waals surface area contributed by atoms with Crippen molar-refractivity contribution < 1.29 is 0 Å². The minimum absolute atomic E-state index is 0.0540. The summed E-state index contributed by atoms with van der Waals surface area (Å²) in [6, 6.07) is 9.59. The minimum atomic E-state index is -0.0540. The highest BCUT2D eigenvalue weighted by Gasteiger charge is 2.24. The fraction of sp³-hybridized carbons (Fsp3) is 0.381. The van der Waals surface area contributed by atoms with Gasteiger partial charge in [-0.1, -0.05) is 0 Å². The fourth-order valence-corrected chi connectivity index (χ4v) is 3.79. The molecule has 3 aromatic rings. The van der Waals surface area contributed by atoms with Crippen molar-refractivity contribution in [1.82, 2.24) is 24.7 Å². The molecule has 4 rings (SSSR count). The molecule has 0 aromatic carbocycles. The summed E-state index contributed by atoms with van der Waals surface area (Å²) in [6.07, 6.45) is 7.19. The van der Waals surface area contributed by atoms with Gasteiger partial charge in [-0.25, -0.2) is 14.6 Å². The number of hydrogen-bond acceptors (Lipinski definition) is 6. The van der Waals surface area contributed by atoms with Crippen LogP contribution in [0.4, 0.5) is 5.95 Å². The number of aryl methyl sites for hydroxylation is 2. The molecule has 1 aliphatic carbocycles. The van der Waals surface area contributed by atoms with E-state index in [1.807, 2.05) is 32.0 Å². The number of hydrogen-bond donors (Lipinski definition) is 1. The van der Waals surface area contributed by atoms with Crippen LogP contribution in [0.5, 0.6) is 0 Å². The molecule has 3 aromatic heterocycles. The summed E-state index contributed by atoms with van der Waals surface area (Å²) in [5, 5.41) is 8.07. The average molecular weight is 376 g/mol. The Labute approximate surface area is 163 Å². The second-order valence-electron chi connectivity index (χ2n) is 7.37. The smallest absolute Gasteiger partial charge is 0.267 e. The number of nitrogens with zero attached hydrogens (tertiary/aromatic N) is 5. The molecule has 1 saturated carbocycles. The first-order valence-electron chi connectivity index (χ1n) is 9.67. The number of aromatic nitrogens is 5. The summed E-state index contributed by atoms with van der Waals surface area (Å²) in [5.74, 6) is 0.690. The quantitative estimate of drug-likeness (QED) is 0.752. The Morgan fingerprint density at radius 2 is 1.79 bits per heavy atom. The Morgan fingerprint density at radius 3 is 2.46 bits per heavy atom. The lowest BCUT2D eigenvalue weighted by atomic mass is 9.91. The van der Waals surface area contributed by atoms with Crippen LogP contribution in [0.1, 0.15) is 43.1 Å². The molecule has 0 aliphatic heterocycles. The zero-order chi connectivity index (χ0) is 19.5. The van der Waals surface area contributed by atoms with Crippen LogP contribution in [-0.2, 0) is 0 Å². The fourth-order valence-electron chi connectivity index (χ4n) is 3.79. The van der Waals surface area contributed by atoms with Gasteiger partial charge in [-0.3, -0.25) is 9.78 Å². The topological polar surface area (TPSA) is 85.6 Å². The molecule has 0 spiro atoms. The summed E-state index contributed by atoms with van der Waals surface area (Å²) in [7, 11) is 0. The molecule has 28 heavy (non-hydrogen) atoms. The van der Waals surface area contributed by atoms with Gasteiger partial charge < -0.3 is 5.32 Å². The molecule has 1 aliphatic rings. The molecule has 7 heteroatoms. The van der Waals surface area contributed by atoms with E-state index in [1.165, 1.54) is 0 Å². The minimum Gasteiger partial charge on any atom is -0.351 e. The van der Waals surface area contributed by atoms with E-state index in [9.17, 15) is 4.79 Å². The van der Waals surface area contributed by atoms with Crippen molar-refractivity contribution in [2.24, 2.45) is 0 Å². The Balaban J connectivity index is 1.46. The van der Waals surface area contributed by atoms with Crippen LogP contribution in [0.25, 0.3) is 11.3 Å². The lowest BCUT2D eigenvalue weighted by Gasteiger charge is -2.29. The van der Waals surface area contributed by atoms with Gasteiger partial charge in [0, 0.05) is 41.5 Å². The highest BCUT2D eigenvalue weighted by atomic mass is 16.1. The van der Waals surface area contributed by atoms with Crippen LogP contribution >= 0.6 is 0 Å².